The van der Waals surface area contributed by atoms with Gasteiger partial charge in [-0.2, -0.15) is 0 Å². The predicted molar refractivity (Wildman–Crippen MR) is 64.2 cm³/mol. The van der Waals surface area contributed by atoms with Gasteiger partial charge in [-0.15, -0.1) is 0 Å². The van der Waals surface area contributed by atoms with E-state index in [-0.39, 0.29) is 5.82 Å². The SMILES string of the molecule is C=C1NC(O)C2C3OC4([O-])OC(C(O)C2(N1)C4O)C3(O)CO. The summed E-state index contributed by atoms with van der Waals surface area (Å²) < 4.78 is 10.1. The topological polar surface area (TPSA) is 167 Å². The first-order valence-corrected chi connectivity index (χ1v) is 6.88. The standard InChI is InChI=1S/C12H17N2O8/c1-3-13-8(17)4-6-10(19,2-15)7-5(16)11(4,14-3)9(18)12(20,21-6)22-7/h4-9,13-19H,1-2H2/q-1. The molecule has 10 heteroatoms. The summed E-state index contributed by atoms with van der Waals surface area (Å²) in [4.78, 5) is 0. The zero-order chi connectivity index (χ0) is 16.1. The quantitative estimate of drug-likeness (QED) is 0.248. The molecule has 1 aliphatic carbocycles. The van der Waals surface area contributed by atoms with Crippen LogP contribution in [0.3, 0.4) is 0 Å². The van der Waals surface area contributed by atoms with Gasteiger partial charge in [0.2, 0.25) is 0 Å². The Hall–Kier alpha value is -0.980. The summed E-state index contributed by atoms with van der Waals surface area (Å²) in [7, 11) is 0. The van der Waals surface area contributed by atoms with E-state index in [2.05, 4.69) is 17.2 Å². The van der Waals surface area contributed by atoms with Gasteiger partial charge in [0.1, 0.15) is 47.8 Å². The van der Waals surface area contributed by atoms with E-state index in [0.29, 0.717) is 0 Å². The minimum absolute atomic E-state index is 0.0972. The minimum Gasteiger partial charge on any atom is -0.805 e. The second kappa shape index (κ2) is 3.91. The first kappa shape index (κ1) is 14.6. The second-order valence-corrected chi connectivity index (χ2v) is 6.33. The van der Waals surface area contributed by atoms with Gasteiger partial charge >= 0.3 is 0 Å². The van der Waals surface area contributed by atoms with Crippen molar-refractivity contribution >= 4 is 0 Å². The molecule has 0 radical (unpaired) electrons. The molecule has 5 fully saturated rings. The molecular weight excluding hydrogens is 300 g/mol. The molecule has 9 unspecified atom stereocenters. The van der Waals surface area contributed by atoms with Gasteiger partial charge < -0.3 is 50.7 Å². The molecule has 0 amide bonds. The molecule has 4 saturated heterocycles. The largest absolute Gasteiger partial charge is 0.805 e. The molecule has 4 heterocycles. The number of rotatable bonds is 1. The lowest BCUT2D eigenvalue weighted by atomic mass is 9.55. The number of nitrogens with one attached hydrogen (secondary N) is 2. The van der Waals surface area contributed by atoms with E-state index < -0.39 is 60.3 Å². The highest BCUT2D eigenvalue weighted by molar-refractivity contribution is 5.31. The maximum atomic E-state index is 12.6. The van der Waals surface area contributed by atoms with E-state index in [9.17, 15) is 30.6 Å². The molecule has 0 aromatic carbocycles. The monoisotopic (exact) mass is 317 g/mol. The van der Waals surface area contributed by atoms with Crippen LogP contribution in [0.15, 0.2) is 12.4 Å². The fourth-order valence-electron chi connectivity index (χ4n) is 4.33. The Morgan fingerprint density at radius 3 is 2.50 bits per heavy atom. The molecule has 1 saturated carbocycles. The van der Waals surface area contributed by atoms with Crippen LogP contribution in [0.2, 0.25) is 0 Å². The Bertz CT molecular complexity index is 547. The summed E-state index contributed by atoms with van der Waals surface area (Å²) >= 11 is 0. The van der Waals surface area contributed by atoms with Crippen LogP contribution in [-0.4, -0.2) is 79.9 Å². The van der Waals surface area contributed by atoms with Crippen molar-refractivity contribution in [3.05, 3.63) is 12.4 Å². The van der Waals surface area contributed by atoms with E-state index in [0.717, 1.165) is 0 Å². The van der Waals surface area contributed by atoms with E-state index in [1.54, 1.807) is 0 Å². The van der Waals surface area contributed by atoms with Crippen LogP contribution in [0.4, 0.5) is 0 Å². The number of ether oxygens (including phenoxy) is 2. The van der Waals surface area contributed by atoms with E-state index >= 15 is 0 Å². The van der Waals surface area contributed by atoms with Gasteiger partial charge in [0.25, 0.3) is 0 Å². The first-order valence-electron chi connectivity index (χ1n) is 6.88. The molecule has 7 N–H and O–H groups in total. The van der Waals surface area contributed by atoms with Gasteiger partial charge in [0.05, 0.1) is 18.3 Å². The fraction of sp³-hybridized carbons (Fsp3) is 0.833. The van der Waals surface area contributed by atoms with Crippen molar-refractivity contribution in [2.75, 3.05) is 6.61 Å². The van der Waals surface area contributed by atoms with Crippen LogP contribution in [0, 0.1) is 5.92 Å². The average molecular weight is 317 g/mol. The Balaban J connectivity index is 1.93. The van der Waals surface area contributed by atoms with Gasteiger partial charge in [-0.3, -0.25) is 0 Å². The molecule has 22 heavy (non-hydrogen) atoms. The zero-order valence-corrected chi connectivity index (χ0v) is 11.3. The van der Waals surface area contributed by atoms with Crippen molar-refractivity contribution in [1.82, 2.24) is 10.6 Å². The molecule has 9 atom stereocenters. The number of aliphatic hydroxyl groups is 5. The smallest absolute Gasteiger partial charge is 0.143 e. The summed E-state index contributed by atoms with van der Waals surface area (Å²) in [6.45, 7) is 2.73. The third-order valence-corrected chi connectivity index (χ3v) is 5.29. The average Bonchev–Trinajstić information content (AvgIpc) is 2.45. The second-order valence-electron chi connectivity index (χ2n) is 6.33. The van der Waals surface area contributed by atoms with Gasteiger partial charge in [-0.05, 0) is 0 Å². The number of hydrogen-bond acceptors (Lipinski definition) is 10. The van der Waals surface area contributed by atoms with Crippen LogP contribution in [0.1, 0.15) is 0 Å². The minimum atomic E-state index is -2.73. The molecule has 5 aliphatic rings. The summed E-state index contributed by atoms with van der Waals surface area (Å²) in [5.74, 6) is -3.75. The number of aliphatic hydroxyl groups excluding tert-OH is 4. The highest BCUT2D eigenvalue weighted by Crippen LogP contribution is 2.57. The normalized spacial score (nSPS) is 62.4. The van der Waals surface area contributed by atoms with E-state index in [1.807, 2.05) is 0 Å². The van der Waals surface area contributed by atoms with Gasteiger partial charge in [-0.25, -0.2) is 0 Å². The van der Waals surface area contributed by atoms with Gasteiger partial charge in [0.15, 0.2) is 0 Å². The zero-order valence-electron chi connectivity index (χ0n) is 11.3. The Labute approximate surface area is 124 Å². The molecule has 124 valence electrons. The maximum absolute atomic E-state index is 12.6. The maximum Gasteiger partial charge on any atom is 0.143 e. The van der Waals surface area contributed by atoms with Gasteiger partial charge in [0, 0.05) is 0 Å². The van der Waals surface area contributed by atoms with Crippen molar-refractivity contribution in [3.8, 4) is 0 Å². The van der Waals surface area contributed by atoms with Crippen molar-refractivity contribution in [2.45, 2.75) is 47.8 Å². The molecule has 0 aromatic rings. The molecule has 4 bridgehead atoms. The number of hydrogen-bond donors (Lipinski definition) is 7. The Morgan fingerprint density at radius 1 is 1.23 bits per heavy atom. The highest BCUT2D eigenvalue weighted by Gasteiger charge is 2.80. The molecule has 10 nitrogen and oxygen atoms in total. The van der Waals surface area contributed by atoms with Crippen LogP contribution < -0.4 is 15.7 Å². The lowest BCUT2D eigenvalue weighted by molar-refractivity contribution is -0.709. The first-order chi connectivity index (χ1) is 10.2. The molecule has 0 aromatic heterocycles. The fourth-order valence-corrected chi connectivity index (χ4v) is 4.33. The third-order valence-electron chi connectivity index (χ3n) is 5.29. The van der Waals surface area contributed by atoms with Crippen molar-refractivity contribution in [1.29, 1.82) is 0 Å². The third kappa shape index (κ3) is 1.30. The molecular formula is C12H17N2O8-. The van der Waals surface area contributed by atoms with Crippen molar-refractivity contribution < 1.29 is 40.1 Å². The van der Waals surface area contributed by atoms with Crippen LogP contribution in [0.5, 0.6) is 0 Å². The van der Waals surface area contributed by atoms with Crippen molar-refractivity contribution in [2.24, 2.45) is 5.92 Å². The Kier molecular flexibility index (Phi) is 2.60. The Morgan fingerprint density at radius 2 is 1.86 bits per heavy atom. The van der Waals surface area contributed by atoms with E-state index in [4.69, 9.17) is 9.47 Å². The molecule has 4 aliphatic heterocycles. The predicted octanol–water partition coefficient (Wildman–Crippen LogP) is -5.41. The van der Waals surface area contributed by atoms with Crippen LogP contribution >= 0.6 is 0 Å². The summed E-state index contributed by atoms with van der Waals surface area (Å²) in [6.07, 6.45) is -7.67. The summed E-state index contributed by atoms with van der Waals surface area (Å²) in [5, 5.41) is 69.3. The molecule has 5 rings (SSSR count). The summed E-state index contributed by atoms with van der Waals surface area (Å²) in [5.41, 5.74) is -3.80. The lowest BCUT2D eigenvalue weighted by Gasteiger charge is -2.75. The van der Waals surface area contributed by atoms with E-state index in [1.165, 1.54) is 0 Å². The summed E-state index contributed by atoms with van der Waals surface area (Å²) in [6, 6.07) is 0. The molecule has 1 spiro atoms. The van der Waals surface area contributed by atoms with Crippen LogP contribution in [0.25, 0.3) is 0 Å². The van der Waals surface area contributed by atoms with Crippen molar-refractivity contribution in [3.63, 3.8) is 0 Å². The highest BCUT2D eigenvalue weighted by atomic mass is 16.9. The van der Waals surface area contributed by atoms with Crippen LogP contribution in [-0.2, 0) is 9.47 Å². The lowest BCUT2D eigenvalue weighted by Crippen LogP contribution is -2.97. The van der Waals surface area contributed by atoms with Gasteiger partial charge in [-0.1, -0.05) is 6.58 Å².